The van der Waals surface area contributed by atoms with E-state index >= 15 is 0 Å². The predicted octanol–water partition coefficient (Wildman–Crippen LogP) is 2.77. The zero-order valence-corrected chi connectivity index (χ0v) is 14.2. The van der Waals surface area contributed by atoms with Crippen LogP contribution >= 0.6 is 11.3 Å². The number of para-hydroxylation sites is 2. The van der Waals surface area contributed by atoms with Crippen LogP contribution in [0.2, 0.25) is 0 Å². The fourth-order valence-electron chi connectivity index (χ4n) is 3.12. The first kappa shape index (κ1) is 15.7. The summed E-state index contributed by atoms with van der Waals surface area (Å²) in [5.41, 5.74) is 2.00. The van der Waals surface area contributed by atoms with Crippen molar-refractivity contribution in [3.05, 3.63) is 46.7 Å². The molecule has 126 valence electrons. The van der Waals surface area contributed by atoms with Gasteiger partial charge in [0.1, 0.15) is 29.7 Å². The fourth-order valence-corrected chi connectivity index (χ4v) is 3.78. The van der Waals surface area contributed by atoms with Crippen LogP contribution in [-0.4, -0.2) is 44.8 Å². The van der Waals surface area contributed by atoms with E-state index in [0.29, 0.717) is 26.2 Å². The van der Waals surface area contributed by atoms with Crippen LogP contribution in [0.1, 0.15) is 10.8 Å². The number of imidazole rings is 1. The number of hydrogen-bond donors (Lipinski definition) is 0. The molecule has 0 spiro atoms. The number of thiazole rings is 1. The quantitative estimate of drug-likeness (QED) is 0.712. The number of benzene rings is 1. The molecule has 0 amide bonds. The molecule has 0 saturated carbocycles. The first-order chi connectivity index (χ1) is 11.7. The van der Waals surface area contributed by atoms with E-state index in [9.17, 15) is 4.39 Å². The largest absolute Gasteiger partial charge is 0.366 e. The van der Waals surface area contributed by atoms with Crippen molar-refractivity contribution in [2.45, 2.75) is 25.4 Å². The van der Waals surface area contributed by atoms with Crippen LogP contribution in [0.25, 0.3) is 11.0 Å². The van der Waals surface area contributed by atoms with E-state index in [1.807, 2.05) is 41.3 Å². The Hall–Kier alpha value is -1.83. The Morgan fingerprint density at radius 2 is 2.21 bits per heavy atom. The summed E-state index contributed by atoms with van der Waals surface area (Å²) in [5.74, 6) is 0.821. The Morgan fingerprint density at radius 3 is 3.00 bits per heavy atom. The summed E-state index contributed by atoms with van der Waals surface area (Å²) in [4.78, 5) is 10.9. The van der Waals surface area contributed by atoms with Gasteiger partial charge in [-0.2, -0.15) is 0 Å². The van der Waals surface area contributed by atoms with Crippen molar-refractivity contribution < 1.29 is 9.13 Å². The predicted molar refractivity (Wildman–Crippen MR) is 91.6 cm³/mol. The number of hydrogen-bond acceptors (Lipinski definition) is 5. The summed E-state index contributed by atoms with van der Waals surface area (Å²) < 4.78 is 22.1. The Balaban J connectivity index is 1.39. The summed E-state index contributed by atoms with van der Waals surface area (Å²) in [7, 11) is 1.96. The van der Waals surface area contributed by atoms with Crippen molar-refractivity contribution in [1.82, 2.24) is 19.4 Å². The lowest BCUT2D eigenvalue weighted by Gasteiger charge is -2.14. The monoisotopic (exact) mass is 346 g/mol. The summed E-state index contributed by atoms with van der Waals surface area (Å²) in [6.07, 6.45) is 0.396. The molecule has 24 heavy (non-hydrogen) atoms. The number of fused-ring (bicyclic) bond motifs is 1. The van der Waals surface area contributed by atoms with Crippen LogP contribution in [0.15, 0.2) is 35.8 Å². The van der Waals surface area contributed by atoms with Crippen molar-refractivity contribution in [1.29, 1.82) is 0 Å². The topological polar surface area (TPSA) is 43.2 Å². The molecular formula is C17H19FN4OS. The molecular weight excluding hydrogens is 327 g/mol. The minimum absolute atomic E-state index is 0.321. The van der Waals surface area contributed by atoms with Crippen LogP contribution in [0.3, 0.4) is 0 Å². The fraction of sp³-hybridized carbons (Fsp3) is 0.412. The third-order valence-corrected chi connectivity index (χ3v) is 5.19. The maximum Gasteiger partial charge on any atom is 0.140 e. The average molecular weight is 346 g/mol. The SMILES string of the molecule is Cn1c(CO[C@H]2CN(Cc3nccs3)C[C@H]2F)nc2ccccc21. The van der Waals surface area contributed by atoms with Crippen LogP contribution < -0.4 is 0 Å². The second-order valence-electron chi connectivity index (χ2n) is 6.06. The van der Waals surface area contributed by atoms with Gasteiger partial charge >= 0.3 is 0 Å². The van der Waals surface area contributed by atoms with Crippen LogP contribution in [-0.2, 0) is 24.9 Å². The van der Waals surface area contributed by atoms with Crippen molar-refractivity contribution in [2.75, 3.05) is 13.1 Å². The van der Waals surface area contributed by atoms with Crippen LogP contribution in [0.4, 0.5) is 4.39 Å². The van der Waals surface area contributed by atoms with E-state index in [2.05, 4.69) is 14.9 Å². The molecule has 1 aliphatic rings. The summed E-state index contributed by atoms with van der Waals surface area (Å²) in [5, 5.41) is 2.95. The maximum atomic E-state index is 14.3. The molecule has 0 bridgehead atoms. The molecule has 0 N–H and O–H groups in total. The first-order valence-electron chi connectivity index (χ1n) is 7.97. The highest BCUT2D eigenvalue weighted by Gasteiger charge is 2.34. The standard InChI is InChI=1S/C17H19FN4OS/c1-21-14-5-3-2-4-13(14)20-16(21)11-23-15-9-22(8-12(15)18)10-17-19-6-7-24-17/h2-7,12,15H,8-11H2,1H3/t12-,15+/m1/s1. The van der Waals surface area contributed by atoms with E-state index in [1.54, 1.807) is 17.5 Å². The first-order valence-corrected chi connectivity index (χ1v) is 8.85. The number of aromatic nitrogens is 3. The average Bonchev–Trinajstić information content (AvgIpc) is 3.28. The number of rotatable bonds is 5. The van der Waals surface area contributed by atoms with Gasteiger partial charge in [0.2, 0.25) is 0 Å². The van der Waals surface area contributed by atoms with Gasteiger partial charge < -0.3 is 9.30 Å². The normalized spacial score (nSPS) is 21.8. The molecule has 3 aromatic rings. The lowest BCUT2D eigenvalue weighted by atomic mass is 10.3. The van der Waals surface area contributed by atoms with Gasteiger partial charge in [-0.05, 0) is 12.1 Å². The Bertz CT molecular complexity index is 819. The zero-order valence-electron chi connectivity index (χ0n) is 13.4. The number of ether oxygens (including phenoxy) is 1. The minimum atomic E-state index is -0.973. The highest BCUT2D eigenvalue weighted by molar-refractivity contribution is 7.09. The number of likely N-dealkylation sites (tertiary alicyclic amines) is 1. The number of halogens is 1. The van der Waals surface area contributed by atoms with Gasteiger partial charge in [-0.15, -0.1) is 11.3 Å². The molecule has 1 fully saturated rings. The lowest BCUT2D eigenvalue weighted by molar-refractivity contribution is 0.00749. The van der Waals surface area contributed by atoms with Gasteiger partial charge in [0.05, 0.1) is 17.6 Å². The molecule has 4 rings (SSSR count). The van der Waals surface area contributed by atoms with Gasteiger partial charge in [-0.1, -0.05) is 12.1 Å². The molecule has 0 radical (unpaired) electrons. The highest BCUT2D eigenvalue weighted by atomic mass is 32.1. The lowest BCUT2D eigenvalue weighted by Crippen LogP contribution is -2.25. The van der Waals surface area contributed by atoms with Crippen molar-refractivity contribution in [2.24, 2.45) is 7.05 Å². The van der Waals surface area contributed by atoms with Gasteiger partial charge in [-0.3, -0.25) is 4.90 Å². The number of nitrogens with zero attached hydrogens (tertiary/aromatic N) is 4. The number of alkyl halides is 1. The third-order valence-electron chi connectivity index (χ3n) is 4.42. The molecule has 0 unspecified atom stereocenters. The summed E-state index contributed by atoms with van der Waals surface area (Å²) >= 11 is 1.60. The highest BCUT2D eigenvalue weighted by Crippen LogP contribution is 2.22. The molecule has 2 aromatic heterocycles. The third kappa shape index (κ3) is 3.07. The zero-order chi connectivity index (χ0) is 16.5. The van der Waals surface area contributed by atoms with Crippen molar-refractivity contribution in [3.63, 3.8) is 0 Å². The molecule has 1 saturated heterocycles. The van der Waals surface area contributed by atoms with Crippen molar-refractivity contribution in [3.8, 4) is 0 Å². The van der Waals surface area contributed by atoms with E-state index < -0.39 is 12.3 Å². The Kier molecular flexibility index (Phi) is 4.30. The van der Waals surface area contributed by atoms with E-state index in [-0.39, 0.29) is 0 Å². The molecule has 0 aliphatic carbocycles. The Morgan fingerprint density at radius 1 is 1.33 bits per heavy atom. The summed E-state index contributed by atoms with van der Waals surface area (Å²) in [6.45, 7) is 1.99. The van der Waals surface area contributed by atoms with E-state index in [4.69, 9.17) is 4.74 Å². The van der Waals surface area contributed by atoms with E-state index in [1.165, 1.54) is 0 Å². The smallest absolute Gasteiger partial charge is 0.140 e. The molecule has 2 atom stereocenters. The minimum Gasteiger partial charge on any atom is -0.366 e. The van der Waals surface area contributed by atoms with E-state index in [0.717, 1.165) is 21.9 Å². The van der Waals surface area contributed by atoms with Crippen molar-refractivity contribution >= 4 is 22.4 Å². The maximum absolute atomic E-state index is 14.3. The van der Waals surface area contributed by atoms with Gasteiger partial charge in [0, 0.05) is 31.7 Å². The molecule has 1 aliphatic heterocycles. The number of aryl methyl sites for hydroxylation is 1. The van der Waals surface area contributed by atoms with Crippen LogP contribution in [0.5, 0.6) is 0 Å². The molecule has 5 nitrogen and oxygen atoms in total. The molecule has 3 heterocycles. The van der Waals surface area contributed by atoms with Gasteiger partial charge in [0.15, 0.2) is 0 Å². The van der Waals surface area contributed by atoms with Crippen LogP contribution in [0, 0.1) is 0 Å². The second-order valence-corrected chi connectivity index (χ2v) is 7.04. The Labute approximate surface area is 143 Å². The molecule has 7 heteroatoms. The molecule has 1 aromatic carbocycles. The van der Waals surface area contributed by atoms with Gasteiger partial charge in [-0.25, -0.2) is 14.4 Å². The van der Waals surface area contributed by atoms with Gasteiger partial charge in [0.25, 0.3) is 0 Å². The summed E-state index contributed by atoms with van der Waals surface area (Å²) in [6, 6.07) is 7.95. The second kappa shape index (κ2) is 6.58.